The van der Waals surface area contributed by atoms with E-state index in [1.54, 1.807) is 0 Å². The lowest BCUT2D eigenvalue weighted by Gasteiger charge is -2.06. The van der Waals surface area contributed by atoms with E-state index in [2.05, 4.69) is 12.2 Å². The number of halogens is 1. The van der Waals surface area contributed by atoms with E-state index in [0.29, 0.717) is 17.0 Å². The number of hydrogen-bond acceptors (Lipinski definition) is 2. The van der Waals surface area contributed by atoms with Gasteiger partial charge >= 0.3 is 5.97 Å². The minimum absolute atomic E-state index is 0.106. The molecule has 0 aromatic rings. The molecule has 11 heavy (non-hydrogen) atoms. The Morgan fingerprint density at radius 3 is 3.09 bits per heavy atom. The molecule has 0 aromatic heterocycles. The molecule has 3 heteroatoms. The third kappa shape index (κ3) is 3.22. The van der Waals surface area contributed by atoms with Crippen LogP contribution >= 0.6 is 22.6 Å². The van der Waals surface area contributed by atoms with Crippen LogP contribution in [0.25, 0.3) is 0 Å². The largest absolute Gasteiger partial charge is 0.464 e. The van der Waals surface area contributed by atoms with Crippen LogP contribution < -0.4 is 0 Å². The Morgan fingerprint density at radius 1 is 1.73 bits per heavy atom. The molecule has 1 rings (SSSR count). The van der Waals surface area contributed by atoms with Gasteiger partial charge in [-0.1, -0.05) is 34.7 Å². The molecule has 0 N–H and O–H groups in total. The van der Waals surface area contributed by atoms with Crippen LogP contribution in [0.5, 0.6) is 0 Å². The Kier molecular flexibility index (Phi) is 3.90. The summed E-state index contributed by atoms with van der Waals surface area (Å²) in [5, 5.41) is 0. The summed E-state index contributed by atoms with van der Waals surface area (Å²) < 4.78 is 5.43. The maximum atomic E-state index is 10.7. The van der Waals surface area contributed by atoms with Crippen molar-refractivity contribution in [1.82, 2.24) is 0 Å². The Balaban J connectivity index is 2.11. The average Bonchev–Trinajstić information content (AvgIpc) is 2.52. The first-order valence-electron chi connectivity index (χ1n) is 3.71. The van der Waals surface area contributed by atoms with Gasteiger partial charge in [0, 0.05) is 5.92 Å². The van der Waals surface area contributed by atoms with E-state index in [1.807, 2.05) is 22.6 Å². The van der Waals surface area contributed by atoms with Crippen molar-refractivity contribution < 1.29 is 9.53 Å². The van der Waals surface area contributed by atoms with Crippen molar-refractivity contribution in [3.8, 4) is 0 Å². The fraction of sp³-hybridized carbons (Fsp3) is 0.625. The van der Waals surface area contributed by atoms with Gasteiger partial charge in [-0.25, -0.2) is 0 Å². The van der Waals surface area contributed by atoms with E-state index < -0.39 is 0 Å². The summed E-state index contributed by atoms with van der Waals surface area (Å²) in [6.07, 6.45) is 6.53. The topological polar surface area (TPSA) is 26.3 Å². The predicted octanol–water partition coefficient (Wildman–Crippen LogP) is 1.93. The first kappa shape index (κ1) is 9.03. The van der Waals surface area contributed by atoms with Crippen molar-refractivity contribution in [2.45, 2.75) is 12.8 Å². The highest BCUT2D eigenvalue weighted by atomic mass is 127. The molecule has 0 saturated carbocycles. The summed E-state index contributed by atoms with van der Waals surface area (Å²) in [4.78, 5) is 10.7. The van der Waals surface area contributed by atoms with E-state index in [1.165, 1.54) is 0 Å². The number of allylic oxidation sites excluding steroid dienone is 1. The molecule has 1 aliphatic carbocycles. The van der Waals surface area contributed by atoms with Gasteiger partial charge in [0.2, 0.25) is 0 Å². The Morgan fingerprint density at radius 2 is 2.55 bits per heavy atom. The number of esters is 1. The first-order chi connectivity index (χ1) is 5.33. The van der Waals surface area contributed by atoms with Crippen molar-refractivity contribution >= 4 is 28.6 Å². The molecule has 0 spiro atoms. The van der Waals surface area contributed by atoms with Crippen LogP contribution in [0.1, 0.15) is 12.8 Å². The van der Waals surface area contributed by atoms with Crippen LogP contribution in [-0.2, 0) is 9.53 Å². The van der Waals surface area contributed by atoms with Crippen molar-refractivity contribution in [3.63, 3.8) is 0 Å². The summed E-state index contributed by atoms with van der Waals surface area (Å²) >= 11 is 2.01. The fourth-order valence-electron chi connectivity index (χ4n) is 1.07. The van der Waals surface area contributed by atoms with Crippen LogP contribution in [-0.4, -0.2) is 17.0 Å². The first-order valence-corrected chi connectivity index (χ1v) is 5.23. The Bertz CT molecular complexity index is 165. The SMILES string of the molecule is O=C(CI)OCC1C=CCC1. The van der Waals surface area contributed by atoms with Gasteiger partial charge in [-0.2, -0.15) is 0 Å². The lowest BCUT2D eigenvalue weighted by Crippen LogP contribution is -2.11. The second-order valence-electron chi connectivity index (χ2n) is 2.58. The summed E-state index contributed by atoms with van der Waals surface area (Å²) in [6, 6.07) is 0. The average molecular weight is 266 g/mol. The number of rotatable bonds is 3. The van der Waals surface area contributed by atoms with Gasteiger partial charge in [0.05, 0.1) is 11.0 Å². The normalized spacial score (nSPS) is 22.1. The van der Waals surface area contributed by atoms with Crippen LogP contribution in [0.2, 0.25) is 0 Å². The lowest BCUT2D eigenvalue weighted by atomic mass is 10.1. The van der Waals surface area contributed by atoms with Crippen LogP contribution in [0, 0.1) is 5.92 Å². The molecule has 2 nitrogen and oxygen atoms in total. The van der Waals surface area contributed by atoms with Crippen molar-refractivity contribution in [1.29, 1.82) is 0 Å². The van der Waals surface area contributed by atoms with E-state index in [9.17, 15) is 4.79 Å². The molecule has 1 aliphatic rings. The maximum Gasteiger partial charge on any atom is 0.315 e. The van der Waals surface area contributed by atoms with Gasteiger partial charge < -0.3 is 4.74 Å². The molecule has 0 radical (unpaired) electrons. The van der Waals surface area contributed by atoms with Crippen molar-refractivity contribution in [2.75, 3.05) is 11.0 Å². The standard InChI is InChI=1S/C8H11IO2/c9-5-8(10)11-6-7-3-1-2-4-7/h1,3,7H,2,4-6H2. The van der Waals surface area contributed by atoms with Gasteiger partial charge in [0.15, 0.2) is 0 Å². The zero-order valence-electron chi connectivity index (χ0n) is 6.25. The van der Waals surface area contributed by atoms with Gasteiger partial charge in [-0.05, 0) is 12.8 Å². The summed E-state index contributed by atoms with van der Waals surface area (Å²) in [7, 11) is 0. The van der Waals surface area contributed by atoms with Gasteiger partial charge in [0.25, 0.3) is 0 Å². The number of hydrogen-bond donors (Lipinski definition) is 0. The smallest absolute Gasteiger partial charge is 0.315 e. The molecular formula is C8H11IO2. The van der Waals surface area contributed by atoms with Gasteiger partial charge in [-0.3, -0.25) is 4.79 Å². The van der Waals surface area contributed by atoms with E-state index in [0.717, 1.165) is 12.8 Å². The summed E-state index contributed by atoms with van der Waals surface area (Å²) in [6.45, 7) is 0.568. The molecule has 0 aliphatic heterocycles. The highest BCUT2D eigenvalue weighted by Crippen LogP contribution is 2.16. The third-order valence-electron chi connectivity index (χ3n) is 1.68. The second kappa shape index (κ2) is 4.74. The number of carbonyl (C=O) groups is 1. The Hall–Kier alpha value is -0.0600. The molecule has 1 unspecified atom stereocenters. The molecule has 0 amide bonds. The lowest BCUT2D eigenvalue weighted by molar-refractivity contribution is -0.141. The zero-order chi connectivity index (χ0) is 8.10. The van der Waals surface area contributed by atoms with E-state index in [-0.39, 0.29) is 5.97 Å². The number of ether oxygens (including phenoxy) is 1. The maximum absolute atomic E-state index is 10.7. The van der Waals surface area contributed by atoms with E-state index >= 15 is 0 Å². The Labute approximate surface area is 80.1 Å². The van der Waals surface area contributed by atoms with Crippen LogP contribution in [0.15, 0.2) is 12.2 Å². The summed E-state index contributed by atoms with van der Waals surface area (Å²) in [5.74, 6) is 0.368. The molecule has 1 atom stereocenters. The molecule has 0 heterocycles. The number of alkyl halides is 1. The highest BCUT2D eigenvalue weighted by Gasteiger charge is 2.10. The number of carbonyl (C=O) groups excluding carboxylic acids is 1. The monoisotopic (exact) mass is 266 g/mol. The van der Waals surface area contributed by atoms with Crippen molar-refractivity contribution in [3.05, 3.63) is 12.2 Å². The van der Waals surface area contributed by atoms with Crippen LogP contribution in [0.3, 0.4) is 0 Å². The molecule has 0 fully saturated rings. The third-order valence-corrected chi connectivity index (χ3v) is 2.30. The minimum atomic E-state index is -0.106. The second-order valence-corrected chi connectivity index (χ2v) is 3.35. The van der Waals surface area contributed by atoms with E-state index in [4.69, 9.17) is 4.74 Å². The minimum Gasteiger partial charge on any atom is -0.464 e. The molecule has 0 bridgehead atoms. The predicted molar refractivity (Wildman–Crippen MR) is 51.7 cm³/mol. The van der Waals surface area contributed by atoms with Gasteiger partial charge in [0.1, 0.15) is 0 Å². The fourth-order valence-corrected chi connectivity index (χ4v) is 1.29. The van der Waals surface area contributed by atoms with Crippen LogP contribution in [0.4, 0.5) is 0 Å². The van der Waals surface area contributed by atoms with Crippen molar-refractivity contribution in [2.24, 2.45) is 5.92 Å². The molecule has 0 saturated heterocycles. The molecule has 0 aromatic carbocycles. The quantitative estimate of drug-likeness (QED) is 0.337. The molecular weight excluding hydrogens is 255 g/mol. The summed E-state index contributed by atoms with van der Waals surface area (Å²) in [5.41, 5.74) is 0. The molecule has 62 valence electrons. The zero-order valence-corrected chi connectivity index (χ0v) is 8.41. The van der Waals surface area contributed by atoms with Gasteiger partial charge in [-0.15, -0.1) is 0 Å². The highest BCUT2D eigenvalue weighted by molar-refractivity contribution is 14.1.